The van der Waals surface area contributed by atoms with E-state index in [4.69, 9.17) is 17.2 Å². The molecular weight excluding hydrogens is 156 g/mol. The summed E-state index contributed by atoms with van der Waals surface area (Å²) in [6, 6.07) is 0. The molecule has 12 heavy (non-hydrogen) atoms. The molecule has 0 aromatic heterocycles. The van der Waals surface area contributed by atoms with Gasteiger partial charge in [0.05, 0.1) is 6.67 Å². The van der Waals surface area contributed by atoms with Crippen molar-refractivity contribution in [3.8, 4) is 0 Å². The van der Waals surface area contributed by atoms with Gasteiger partial charge in [0.15, 0.2) is 0 Å². The third-order valence-corrected chi connectivity index (χ3v) is 1.43. The highest BCUT2D eigenvalue weighted by molar-refractivity contribution is 4.52. The van der Waals surface area contributed by atoms with Gasteiger partial charge in [-0.2, -0.15) is 0 Å². The van der Waals surface area contributed by atoms with Crippen LogP contribution in [0.15, 0.2) is 0 Å². The molecule has 6 nitrogen and oxygen atoms in total. The summed E-state index contributed by atoms with van der Waals surface area (Å²) < 4.78 is 0. The van der Waals surface area contributed by atoms with Crippen LogP contribution in [0.3, 0.4) is 0 Å². The lowest BCUT2D eigenvalue weighted by atomic mass is 10.6. The fourth-order valence-electron chi connectivity index (χ4n) is 0.792. The van der Waals surface area contributed by atoms with E-state index < -0.39 is 0 Å². The maximum absolute atomic E-state index is 5.46. The van der Waals surface area contributed by atoms with Gasteiger partial charge in [0.25, 0.3) is 0 Å². The molecule has 74 valence electrons. The summed E-state index contributed by atoms with van der Waals surface area (Å²) in [5.41, 5.74) is 16.1. The lowest BCUT2D eigenvalue weighted by molar-refractivity contribution is 0.263. The Morgan fingerprint density at radius 2 is 1.83 bits per heavy atom. The third-order valence-electron chi connectivity index (χ3n) is 1.43. The zero-order valence-electron chi connectivity index (χ0n) is 7.42. The van der Waals surface area contributed by atoms with Crippen LogP contribution in [0.1, 0.15) is 0 Å². The largest absolute Gasteiger partial charge is 0.329 e. The van der Waals surface area contributed by atoms with Crippen molar-refractivity contribution in [3.05, 3.63) is 0 Å². The van der Waals surface area contributed by atoms with Gasteiger partial charge in [-0.15, -0.1) is 0 Å². The standard InChI is InChI=1S/C6H20N6/c7-1-2-12(4-9)6-11-5-10-3-8/h10-11H,1-9H2. The first-order valence-electron chi connectivity index (χ1n) is 4.09. The van der Waals surface area contributed by atoms with Crippen LogP contribution >= 0.6 is 0 Å². The SMILES string of the molecule is NCCN(CN)CNCNCN. The quantitative estimate of drug-likeness (QED) is 0.202. The van der Waals surface area contributed by atoms with E-state index in [0.717, 1.165) is 13.2 Å². The second kappa shape index (κ2) is 8.85. The van der Waals surface area contributed by atoms with E-state index in [2.05, 4.69) is 10.6 Å². The third kappa shape index (κ3) is 6.47. The first-order valence-corrected chi connectivity index (χ1v) is 4.09. The summed E-state index contributed by atoms with van der Waals surface area (Å²) >= 11 is 0. The fraction of sp³-hybridized carbons (Fsp3) is 1.00. The highest BCUT2D eigenvalue weighted by Gasteiger charge is 1.97. The molecule has 0 fully saturated rings. The van der Waals surface area contributed by atoms with E-state index >= 15 is 0 Å². The molecular formula is C6H20N6. The summed E-state index contributed by atoms with van der Waals surface area (Å²) in [7, 11) is 0. The van der Waals surface area contributed by atoms with Crippen molar-refractivity contribution >= 4 is 0 Å². The molecule has 0 rings (SSSR count). The number of nitrogens with one attached hydrogen (secondary N) is 2. The molecule has 6 heteroatoms. The summed E-state index contributed by atoms with van der Waals surface area (Å²) in [4.78, 5) is 2.01. The van der Waals surface area contributed by atoms with Gasteiger partial charge in [0, 0.05) is 33.1 Å². The minimum absolute atomic E-state index is 0.479. The maximum Gasteiger partial charge on any atom is 0.0502 e. The van der Waals surface area contributed by atoms with Crippen LogP contribution in [0.2, 0.25) is 0 Å². The summed E-state index contributed by atoms with van der Waals surface area (Å²) in [6.07, 6.45) is 0. The number of rotatable bonds is 8. The Hall–Kier alpha value is -0.240. The first kappa shape index (κ1) is 11.8. The predicted octanol–water partition coefficient (Wildman–Crippen LogP) is -2.83. The number of nitrogens with zero attached hydrogens (tertiary/aromatic N) is 1. The molecule has 0 amide bonds. The summed E-state index contributed by atoms with van der Waals surface area (Å²) in [5, 5.41) is 6.06. The molecule has 0 aliphatic heterocycles. The Kier molecular flexibility index (Phi) is 8.68. The average molecular weight is 176 g/mol. The molecule has 0 saturated carbocycles. The monoisotopic (exact) mass is 176 g/mol. The minimum atomic E-state index is 0.479. The molecule has 0 bridgehead atoms. The summed E-state index contributed by atoms with van der Waals surface area (Å²) in [5.74, 6) is 0. The van der Waals surface area contributed by atoms with Crippen LogP contribution in [-0.2, 0) is 0 Å². The van der Waals surface area contributed by atoms with Crippen molar-refractivity contribution in [1.29, 1.82) is 0 Å². The topological polar surface area (TPSA) is 105 Å². The van der Waals surface area contributed by atoms with Gasteiger partial charge >= 0.3 is 0 Å². The van der Waals surface area contributed by atoms with Crippen molar-refractivity contribution in [2.75, 3.05) is 39.8 Å². The Balaban J connectivity index is 3.19. The zero-order chi connectivity index (χ0) is 9.23. The van der Waals surface area contributed by atoms with Gasteiger partial charge < -0.3 is 17.2 Å². The second-order valence-electron chi connectivity index (χ2n) is 2.40. The van der Waals surface area contributed by atoms with E-state index in [0.29, 0.717) is 26.6 Å². The maximum atomic E-state index is 5.46. The Morgan fingerprint density at radius 3 is 2.33 bits per heavy atom. The van der Waals surface area contributed by atoms with Crippen molar-refractivity contribution in [3.63, 3.8) is 0 Å². The van der Waals surface area contributed by atoms with Crippen LogP contribution in [0, 0.1) is 0 Å². The first-order chi connectivity index (χ1) is 5.85. The van der Waals surface area contributed by atoms with Gasteiger partial charge in [-0.1, -0.05) is 0 Å². The van der Waals surface area contributed by atoms with E-state index in [-0.39, 0.29) is 0 Å². The second-order valence-corrected chi connectivity index (χ2v) is 2.40. The normalized spacial score (nSPS) is 11.0. The minimum Gasteiger partial charge on any atom is -0.329 e. The molecule has 8 N–H and O–H groups in total. The van der Waals surface area contributed by atoms with E-state index in [9.17, 15) is 0 Å². The van der Waals surface area contributed by atoms with Crippen LogP contribution in [0.25, 0.3) is 0 Å². The van der Waals surface area contributed by atoms with Crippen LogP contribution in [-0.4, -0.2) is 44.7 Å². The van der Waals surface area contributed by atoms with E-state index in [1.807, 2.05) is 4.90 Å². The number of nitrogens with two attached hydrogens (primary N) is 3. The Labute approximate surface area is 73.4 Å². The zero-order valence-corrected chi connectivity index (χ0v) is 7.42. The number of hydrogen-bond acceptors (Lipinski definition) is 6. The molecule has 0 unspecified atom stereocenters. The number of hydrogen-bond donors (Lipinski definition) is 5. The average Bonchev–Trinajstić information content (AvgIpc) is 2.10. The van der Waals surface area contributed by atoms with Crippen LogP contribution in [0.4, 0.5) is 0 Å². The lowest BCUT2D eigenvalue weighted by Gasteiger charge is -2.19. The van der Waals surface area contributed by atoms with Crippen LogP contribution < -0.4 is 27.8 Å². The molecule has 0 heterocycles. The van der Waals surface area contributed by atoms with Gasteiger partial charge in [-0.3, -0.25) is 15.5 Å². The lowest BCUT2D eigenvalue weighted by Crippen LogP contribution is -2.44. The van der Waals surface area contributed by atoms with Crippen LogP contribution in [0.5, 0.6) is 0 Å². The van der Waals surface area contributed by atoms with E-state index in [1.165, 1.54) is 0 Å². The van der Waals surface area contributed by atoms with Crippen molar-refractivity contribution in [2.45, 2.75) is 0 Å². The molecule has 0 saturated heterocycles. The van der Waals surface area contributed by atoms with Gasteiger partial charge in [-0.05, 0) is 0 Å². The predicted molar refractivity (Wildman–Crippen MR) is 49.9 cm³/mol. The van der Waals surface area contributed by atoms with Crippen molar-refractivity contribution in [1.82, 2.24) is 15.5 Å². The molecule has 0 spiro atoms. The van der Waals surface area contributed by atoms with Crippen molar-refractivity contribution in [2.24, 2.45) is 17.2 Å². The summed E-state index contributed by atoms with van der Waals surface area (Å²) in [6.45, 7) is 3.87. The Morgan fingerprint density at radius 1 is 1.08 bits per heavy atom. The Bertz CT molecular complexity index is 88.1. The smallest absolute Gasteiger partial charge is 0.0502 e. The molecule has 0 radical (unpaired) electrons. The van der Waals surface area contributed by atoms with E-state index in [1.54, 1.807) is 0 Å². The molecule has 0 aromatic carbocycles. The molecule has 0 aromatic rings. The fourth-order valence-corrected chi connectivity index (χ4v) is 0.792. The molecule has 0 aliphatic rings. The van der Waals surface area contributed by atoms with Gasteiger partial charge in [0.2, 0.25) is 0 Å². The highest BCUT2D eigenvalue weighted by Crippen LogP contribution is 1.77. The van der Waals surface area contributed by atoms with Gasteiger partial charge in [-0.25, -0.2) is 0 Å². The van der Waals surface area contributed by atoms with Gasteiger partial charge in [0.1, 0.15) is 0 Å². The highest BCUT2D eigenvalue weighted by atomic mass is 15.3. The molecule has 0 atom stereocenters. The van der Waals surface area contributed by atoms with Crippen molar-refractivity contribution < 1.29 is 0 Å². The molecule has 0 aliphatic carbocycles.